The number of nitriles is 2. The van der Waals surface area contributed by atoms with E-state index in [0.717, 1.165) is 68.0 Å². The molecule has 10 heteroatoms. The molecule has 3 aliphatic heterocycles. The summed E-state index contributed by atoms with van der Waals surface area (Å²) in [6.07, 6.45) is 13.9. The number of likely N-dealkylation sites (tertiary alicyclic amines) is 1. The summed E-state index contributed by atoms with van der Waals surface area (Å²) in [4.78, 5) is 13.6. The van der Waals surface area contributed by atoms with Crippen molar-refractivity contribution in [1.82, 2.24) is 24.9 Å². The van der Waals surface area contributed by atoms with Gasteiger partial charge in [0.1, 0.15) is 24.0 Å². The van der Waals surface area contributed by atoms with Crippen molar-refractivity contribution in [3.05, 3.63) is 59.6 Å². The Hall–Kier alpha value is -3.99. The molecule has 2 aromatic rings. The maximum absolute atomic E-state index is 9.68. The Morgan fingerprint density at radius 2 is 2.00 bits per heavy atom. The van der Waals surface area contributed by atoms with Crippen LogP contribution in [0.5, 0.6) is 5.75 Å². The monoisotopic (exact) mass is 537 g/mol. The number of nitrogens with one attached hydrogen (secondary N) is 1. The number of amidine groups is 1. The van der Waals surface area contributed by atoms with Gasteiger partial charge in [-0.1, -0.05) is 6.08 Å². The summed E-state index contributed by atoms with van der Waals surface area (Å²) < 4.78 is 8.38. The fourth-order valence-electron chi connectivity index (χ4n) is 6.54. The van der Waals surface area contributed by atoms with E-state index >= 15 is 0 Å². The summed E-state index contributed by atoms with van der Waals surface area (Å²) in [5.74, 6) is 1.81. The summed E-state index contributed by atoms with van der Waals surface area (Å²) in [5.41, 5.74) is 2.50. The van der Waals surface area contributed by atoms with E-state index in [4.69, 9.17) is 9.84 Å². The van der Waals surface area contributed by atoms with E-state index in [9.17, 15) is 10.5 Å². The lowest BCUT2D eigenvalue weighted by atomic mass is 9.69. The van der Waals surface area contributed by atoms with E-state index in [-0.39, 0.29) is 23.6 Å². The topological polar surface area (TPSA) is 118 Å². The predicted molar refractivity (Wildman–Crippen MR) is 152 cm³/mol. The van der Waals surface area contributed by atoms with Crippen molar-refractivity contribution in [1.29, 1.82) is 10.5 Å². The minimum absolute atomic E-state index is 0.0469. The number of aromatic nitrogens is 2. The Kier molecular flexibility index (Phi) is 7.14. The number of piperidine rings is 1. The highest BCUT2D eigenvalue weighted by Crippen LogP contribution is 2.46. The Balaban J connectivity index is 1.06. The number of aliphatic imine (C=N–C) groups is 2. The van der Waals surface area contributed by atoms with Crippen molar-refractivity contribution in [3.63, 3.8) is 0 Å². The first-order valence-electron chi connectivity index (χ1n) is 14.0. The average molecular weight is 538 g/mol. The number of benzene rings is 1. The largest absolute Gasteiger partial charge is 0.490 e. The minimum atomic E-state index is -0.273. The summed E-state index contributed by atoms with van der Waals surface area (Å²) in [6, 6.07) is 10.9. The van der Waals surface area contributed by atoms with Gasteiger partial charge in [-0.05, 0) is 69.7 Å². The van der Waals surface area contributed by atoms with Crippen LogP contribution < -0.4 is 10.1 Å². The lowest BCUT2D eigenvalue weighted by Gasteiger charge is -2.52. The quantitative estimate of drug-likeness (QED) is 0.549. The number of nitrogens with zero attached hydrogens (tertiary/aromatic N) is 8. The zero-order valence-electron chi connectivity index (χ0n) is 23.1. The van der Waals surface area contributed by atoms with Crippen LogP contribution in [0.4, 0.5) is 0 Å². The summed E-state index contributed by atoms with van der Waals surface area (Å²) >= 11 is 0. The number of hydrogen-bond donors (Lipinski definition) is 1. The Morgan fingerprint density at radius 3 is 2.75 bits per heavy atom. The van der Waals surface area contributed by atoms with E-state index in [2.05, 4.69) is 55.6 Å². The first kappa shape index (κ1) is 26.2. The Morgan fingerprint density at radius 1 is 1.18 bits per heavy atom. The van der Waals surface area contributed by atoms with Crippen LogP contribution >= 0.6 is 0 Å². The van der Waals surface area contributed by atoms with Crippen LogP contribution in [0.15, 0.2) is 52.9 Å². The van der Waals surface area contributed by atoms with E-state index in [1.54, 1.807) is 6.34 Å². The number of ether oxygens (including phenoxy) is 1. The van der Waals surface area contributed by atoms with Crippen molar-refractivity contribution >= 4 is 12.2 Å². The molecule has 6 rings (SSSR count). The molecule has 40 heavy (non-hydrogen) atoms. The van der Waals surface area contributed by atoms with E-state index < -0.39 is 0 Å². The van der Waals surface area contributed by atoms with Crippen molar-refractivity contribution in [2.75, 3.05) is 27.2 Å². The van der Waals surface area contributed by atoms with Gasteiger partial charge in [0.25, 0.3) is 0 Å². The van der Waals surface area contributed by atoms with Gasteiger partial charge in [-0.3, -0.25) is 14.6 Å². The zero-order chi connectivity index (χ0) is 27.7. The fraction of sp³-hybridized carbons (Fsp3) is 0.500. The molecule has 4 heterocycles. The third kappa shape index (κ3) is 5.13. The molecule has 0 amide bonds. The molecule has 2 atom stereocenters. The molecule has 2 unspecified atom stereocenters. The van der Waals surface area contributed by atoms with Gasteiger partial charge in [-0.15, -0.1) is 0 Å². The SMILES string of the molecule is CN(C)Cc1cc(C#N)cc(OC2CCN(C3CC(CC#N)(n4cc(C5N=CN=C6NC=CC65)cn4)C3)CC2)c1. The maximum Gasteiger partial charge on any atom is 0.121 e. The van der Waals surface area contributed by atoms with Crippen LogP contribution in [0.1, 0.15) is 54.8 Å². The Bertz CT molecular complexity index is 1410. The molecule has 1 aliphatic carbocycles. The fourth-order valence-corrected chi connectivity index (χ4v) is 6.54. The molecule has 1 N–H and O–H groups in total. The van der Waals surface area contributed by atoms with E-state index in [0.29, 0.717) is 18.0 Å². The highest BCUT2D eigenvalue weighted by atomic mass is 16.5. The molecule has 10 nitrogen and oxygen atoms in total. The molecule has 2 fully saturated rings. The lowest BCUT2D eigenvalue weighted by molar-refractivity contribution is -0.0208. The summed E-state index contributed by atoms with van der Waals surface area (Å²) in [6.45, 7) is 2.70. The van der Waals surface area contributed by atoms with Crippen LogP contribution in [0.2, 0.25) is 0 Å². The molecule has 1 aromatic heterocycles. The van der Waals surface area contributed by atoms with Crippen LogP contribution in [0, 0.1) is 28.6 Å². The lowest BCUT2D eigenvalue weighted by Crippen LogP contribution is -2.58. The van der Waals surface area contributed by atoms with Gasteiger partial charge in [-0.25, -0.2) is 4.99 Å². The molecular formula is C30H35N9O. The first-order valence-corrected chi connectivity index (χ1v) is 14.0. The smallest absolute Gasteiger partial charge is 0.121 e. The number of fused-ring (bicyclic) bond motifs is 1. The minimum Gasteiger partial charge on any atom is -0.490 e. The van der Waals surface area contributed by atoms with Gasteiger partial charge in [0.15, 0.2) is 0 Å². The van der Waals surface area contributed by atoms with Crippen molar-refractivity contribution in [2.24, 2.45) is 15.9 Å². The van der Waals surface area contributed by atoms with Gasteiger partial charge in [-0.2, -0.15) is 15.6 Å². The van der Waals surface area contributed by atoms with Crippen LogP contribution in [0.25, 0.3) is 0 Å². The molecule has 0 radical (unpaired) electrons. The average Bonchev–Trinajstić information content (AvgIpc) is 3.61. The molecule has 0 spiro atoms. The second kappa shape index (κ2) is 10.9. The zero-order valence-corrected chi connectivity index (χ0v) is 23.1. The second-order valence-electron chi connectivity index (χ2n) is 11.7. The predicted octanol–water partition coefficient (Wildman–Crippen LogP) is 3.35. The summed E-state index contributed by atoms with van der Waals surface area (Å²) in [5, 5.41) is 27.1. The van der Waals surface area contributed by atoms with Crippen LogP contribution in [0.3, 0.4) is 0 Å². The highest BCUT2D eigenvalue weighted by Gasteiger charge is 2.49. The molecule has 0 bridgehead atoms. The van der Waals surface area contributed by atoms with Gasteiger partial charge in [0.05, 0.1) is 47.8 Å². The number of rotatable bonds is 8. The van der Waals surface area contributed by atoms with Crippen molar-refractivity contribution < 1.29 is 4.74 Å². The van der Waals surface area contributed by atoms with Crippen molar-refractivity contribution in [2.45, 2.75) is 62.4 Å². The standard InChI is InChI=1S/C30H35N9O/c1-37(2)18-22-11-21(16-32)12-26(13-22)40-25-4-9-38(10-5-25)24-14-30(15-24,6-7-31)39-19-23(17-36-39)28-27-3-8-33-29(27)35-20-34-28/h3,8,11-13,17,19-20,24-25,27-28H,4-6,9-10,14-15,18H2,1-2H3,(H,33,34,35). The van der Waals surface area contributed by atoms with Crippen molar-refractivity contribution in [3.8, 4) is 17.9 Å². The first-order chi connectivity index (χ1) is 19.5. The van der Waals surface area contributed by atoms with Gasteiger partial charge >= 0.3 is 0 Å². The van der Waals surface area contributed by atoms with Gasteiger partial charge < -0.3 is 15.0 Å². The molecule has 1 saturated heterocycles. The molecule has 206 valence electrons. The molecule has 1 aromatic carbocycles. The highest BCUT2D eigenvalue weighted by molar-refractivity contribution is 5.96. The Labute approximate surface area is 235 Å². The maximum atomic E-state index is 9.68. The van der Waals surface area contributed by atoms with Gasteiger partial charge in [0, 0.05) is 37.4 Å². The normalized spacial score (nSPS) is 27.8. The second-order valence-corrected chi connectivity index (χ2v) is 11.7. The third-order valence-electron chi connectivity index (χ3n) is 8.57. The molecule has 1 saturated carbocycles. The third-order valence-corrected chi connectivity index (χ3v) is 8.57. The molecule has 4 aliphatic rings. The number of hydrogen-bond acceptors (Lipinski definition) is 9. The van der Waals surface area contributed by atoms with E-state index in [1.165, 1.54) is 0 Å². The van der Waals surface area contributed by atoms with Crippen LogP contribution in [-0.4, -0.2) is 71.1 Å². The molecular weight excluding hydrogens is 502 g/mol. The van der Waals surface area contributed by atoms with Crippen LogP contribution in [-0.2, 0) is 12.1 Å². The summed E-state index contributed by atoms with van der Waals surface area (Å²) in [7, 11) is 4.04. The van der Waals surface area contributed by atoms with E-state index in [1.807, 2.05) is 43.3 Å². The van der Waals surface area contributed by atoms with Gasteiger partial charge in [0.2, 0.25) is 0 Å².